The van der Waals surface area contributed by atoms with Gasteiger partial charge in [0, 0.05) is 31.4 Å². The minimum absolute atomic E-state index is 0.0210. The Morgan fingerprint density at radius 3 is 2.85 bits per heavy atom. The van der Waals surface area contributed by atoms with Crippen molar-refractivity contribution in [2.24, 2.45) is 0 Å². The quantitative estimate of drug-likeness (QED) is 0.853. The Morgan fingerprint density at radius 2 is 2.04 bits per heavy atom. The number of hydrogen-bond donors (Lipinski definition) is 2. The molecule has 0 spiro atoms. The standard InChI is InChI=1S/C19H25N5O2/c25-19(17-11-22-18(23-17)15-3-8-21-9-4-15)24-10-5-16(12-24)26-13-14-1-6-20-7-2-14/h1-2,6-7,11,15-16,21H,3-5,8-10,12-13H2,(H,22,23). The molecule has 2 aliphatic heterocycles. The number of carbonyl (C=O) groups excluding carboxylic acids is 1. The average Bonchev–Trinajstić information content (AvgIpc) is 3.37. The molecular weight excluding hydrogens is 330 g/mol. The lowest BCUT2D eigenvalue weighted by Crippen LogP contribution is -2.30. The van der Waals surface area contributed by atoms with Crippen LogP contribution in [0.3, 0.4) is 0 Å². The summed E-state index contributed by atoms with van der Waals surface area (Å²) in [6.07, 6.45) is 8.30. The minimum atomic E-state index is 0.0210. The Morgan fingerprint density at radius 1 is 1.23 bits per heavy atom. The fourth-order valence-electron chi connectivity index (χ4n) is 3.66. The molecule has 2 aromatic rings. The molecule has 1 atom stereocenters. The van der Waals surface area contributed by atoms with Gasteiger partial charge in [-0.2, -0.15) is 0 Å². The van der Waals surface area contributed by atoms with E-state index in [1.54, 1.807) is 18.6 Å². The molecule has 2 N–H and O–H groups in total. The zero-order valence-corrected chi connectivity index (χ0v) is 14.9. The summed E-state index contributed by atoms with van der Waals surface area (Å²) in [6.45, 7) is 3.93. The van der Waals surface area contributed by atoms with Gasteiger partial charge < -0.3 is 19.9 Å². The summed E-state index contributed by atoms with van der Waals surface area (Å²) < 4.78 is 5.95. The number of aromatic amines is 1. The Bertz CT molecular complexity index is 727. The molecule has 0 aliphatic carbocycles. The van der Waals surface area contributed by atoms with Gasteiger partial charge in [-0.15, -0.1) is 0 Å². The molecule has 1 unspecified atom stereocenters. The summed E-state index contributed by atoms with van der Waals surface area (Å²) in [4.78, 5) is 26.3. The van der Waals surface area contributed by atoms with Crippen molar-refractivity contribution in [3.63, 3.8) is 0 Å². The number of pyridine rings is 1. The molecule has 2 aromatic heterocycles. The van der Waals surface area contributed by atoms with E-state index in [0.717, 1.165) is 50.3 Å². The van der Waals surface area contributed by atoms with Crippen molar-refractivity contribution in [1.82, 2.24) is 25.2 Å². The van der Waals surface area contributed by atoms with Gasteiger partial charge in [-0.25, -0.2) is 4.98 Å². The molecule has 1 amide bonds. The first-order valence-corrected chi connectivity index (χ1v) is 9.35. The molecule has 138 valence electrons. The molecule has 26 heavy (non-hydrogen) atoms. The lowest BCUT2D eigenvalue weighted by molar-refractivity contribution is 0.0436. The number of carbonyl (C=O) groups is 1. The largest absolute Gasteiger partial charge is 0.372 e. The third-order valence-electron chi connectivity index (χ3n) is 5.22. The average molecular weight is 355 g/mol. The molecule has 2 aliphatic rings. The van der Waals surface area contributed by atoms with Crippen molar-refractivity contribution < 1.29 is 9.53 Å². The number of piperidine rings is 1. The second-order valence-corrected chi connectivity index (χ2v) is 7.03. The topological polar surface area (TPSA) is 83.1 Å². The van der Waals surface area contributed by atoms with E-state index in [2.05, 4.69) is 20.3 Å². The monoisotopic (exact) mass is 355 g/mol. The third kappa shape index (κ3) is 3.94. The van der Waals surface area contributed by atoms with Gasteiger partial charge in [-0.05, 0) is 50.0 Å². The van der Waals surface area contributed by atoms with E-state index in [0.29, 0.717) is 24.8 Å². The fourth-order valence-corrected chi connectivity index (χ4v) is 3.66. The van der Waals surface area contributed by atoms with Gasteiger partial charge in [0.25, 0.3) is 5.91 Å². The van der Waals surface area contributed by atoms with Gasteiger partial charge in [0.05, 0.1) is 18.9 Å². The second-order valence-electron chi connectivity index (χ2n) is 7.03. The molecule has 2 fully saturated rings. The van der Waals surface area contributed by atoms with Crippen LogP contribution < -0.4 is 5.32 Å². The molecule has 0 bridgehead atoms. The van der Waals surface area contributed by atoms with Crippen LogP contribution in [0.5, 0.6) is 0 Å². The first-order valence-electron chi connectivity index (χ1n) is 9.35. The van der Waals surface area contributed by atoms with Crippen molar-refractivity contribution in [2.75, 3.05) is 26.2 Å². The van der Waals surface area contributed by atoms with Crippen molar-refractivity contribution in [1.29, 1.82) is 0 Å². The van der Waals surface area contributed by atoms with Crippen molar-refractivity contribution in [3.8, 4) is 0 Å². The molecule has 0 radical (unpaired) electrons. The molecule has 2 saturated heterocycles. The summed E-state index contributed by atoms with van der Waals surface area (Å²) >= 11 is 0. The number of imidazole rings is 1. The molecule has 0 saturated carbocycles. The van der Waals surface area contributed by atoms with Crippen LogP contribution in [-0.2, 0) is 11.3 Å². The highest BCUT2D eigenvalue weighted by molar-refractivity contribution is 5.92. The number of nitrogens with one attached hydrogen (secondary N) is 2. The Hall–Kier alpha value is -2.25. The van der Waals surface area contributed by atoms with Crippen LogP contribution in [0.4, 0.5) is 0 Å². The van der Waals surface area contributed by atoms with Crippen LogP contribution in [0.25, 0.3) is 0 Å². The number of aromatic nitrogens is 3. The van der Waals surface area contributed by atoms with Crippen molar-refractivity contribution in [2.45, 2.75) is 37.9 Å². The van der Waals surface area contributed by atoms with E-state index >= 15 is 0 Å². The highest BCUT2D eigenvalue weighted by atomic mass is 16.5. The predicted molar refractivity (Wildman–Crippen MR) is 96.8 cm³/mol. The first-order chi connectivity index (χ1) is 12.8. The van der Waals surface area contributed by atoms with Crippen LogP contribution in [0, 0.1) is 0 Å². The SMILES string of the molecule is O=C(c1cnc(C2CCNCC2)[nH]1)N1CCC(OCc2ccncc2)C1. The van der Waals surface area contributed by atoms with Crippen LogP contribution in [0.2, 0.25) is 0 Å². The third-order valence-corrected chi connectivity index (χ3v) is 5.22. The molecule has 4 rings (SSSR count). The summed E-state index contributed by atoms with van der Waals surface area (Å²) in [5.41, 5.74) is 1.69. The van der Waals surface area contributed by atoms with Crippen molar-refractivity contribution in [3.05, 3.63) is 47.8 Å². The molecule has 7 nitrogen and oxygen atoms in total. The highest BCUT2D eigenvalue weighted by Crippen LogP contribution is 2.23. The summed E-state index contributed by atoms with van der Waals surface area (Å²) in [5.74, 6) is 1.39. The smallest absolute Gasteiger partial charge is 0.272 e. The number of hydrogen-bond acceptors (Lipinski definition) is 5. The number of H-pyrrole nitrogens is 1. The van der Waals surface area contributed by atoms with Gasteiger partial charge in [0.2, 0.25) is 0 Å². The van der Waals surface area contributed by atoms with Gasteiger partial charge >= 0.3 is 0 Å². The zero-order valence-electron chi connectivity index (χ0n) is 14.9. The van der Waals surface area contributed by atoms with Crippen molar-refractivity contribution >= 4 is 5.91 Å². The summed E-state index contributed by atoms with van der Waals surface area (Å²) in [5, 5.41) is 3.35. The van der Waals surface area contributed by atoms with E-state index in [9.17, 15) is 4.79 Å². The van der Waals surface area contributed by atoms with Crippen LogP contribution in [0.1, 0.15) is 47.1 Å². The maximum atomic E-state index is 12.7. The number of likely N-dealkylation sites (tertiary alicyclic amines) is 1. The van der Waals surface area contributed by atoms with E-state index in [1.807, 2.05) is 17.0 Å². The van der Waals surface area contributed by atoms with E-state index in [1.165, 1.54) is 0 Å². The van der Waals surface area contributed by atoms with E-state index in [4.69, 9.17) is 4.74 Å². The number of amides is 1. The lowest BCUT2D eigenvalue weighted by atomic mass is 9.98. The van der Waals surface area contributed by atoms with Crippen LogP contribution in [0.15, 0.2) is 30.7 Å². The maximum Gasteiger partial charge on any atom is 0.272 e. The van der Waals surface area contributed by atoms with Crippen LogP contribution in [-0.4, -0.2) is 58.0 Å². The second kappa shape index (κ2) is 7.97. The molecule has 7 heteroatoms. The number of ether oxygens (including phenoxy) is 1. The maximum absolute atomic E-state index is 12.7. The summed E-state index contributed by atoms with van der Waals surface area (Å²) in [6, 6.07) is 3.90. The number of rotatable bonds is 5. The van der Waals surface area contributed by atoms with Gasteiger partial charge in [0.1, 0.15) is 11.5 Å². The normalized spacial score (nSPS) is 21.2. The first kappa shape index (κ1) is 17.2. The van der Waals surface area contributed by atoms with E-state index < -0.39 is 0 Å². The predicted octanol–water partition coefficient (Wildman–Crippen LogP) is 1.70. The van der Waals surface area contributed by atoms with Gasteiger partial charge in [0.15, 0.2) is 0 Å². The van der Waals surface area contributed by atoms with Crippen LogP contribution >= 0.6 is 0 Å². The number of nitrogens with zero attached hydrogens (tertiary/aromatic N) is 3. The zero-order chi connectivity index (χ0) is 17.8. The minimum Gasteiger partial charge on any atom is -0.372 e. The van der Waals surface area contributed by atoms with E-state index in [-0.39, 0.29) is 12.0 Å². The molecular formula is C19H25N5O2. The lowest BCUT2D eigenvalue weighted by Gasteiger charge is -2.20. The Kier molecular flexibility index (Phi) is 5.26. The Labute approximate surface area is 153 Å². The molecule has 0 aromatic carbocycles. The van der Waals surface area contributed by atoms with Gasteiger partial charge in [-0.1, -0.05) is 0 Å². The van der Waals surface area contributed by atoms with Gasteiger partial charge in [-0.3, -0.25) is 9.78 Å². The fraction of sp³-hybridized carbons (Fsp3) is 0.526. The summed E-state index contributed by atoms with van der Waals surface area (Å²) in [7, 11) is 0. The highest BCUT2D eigenvalue weighted by Gasteiger charge is 2.29. The Balaban J connectivity index is 1.30. The molecule has 4 heterocycles.